The van der Waals surface area contributed by atoms with Crippen molar-refractivity contribution in [1.29, 1.82) is 0 Å². The molecule has 1 rings (SSSR count). The van der Waals surface area contributed by atoms with E-state index in [0.717, 1.165) is 12.0 Å². The highest BCUT2D eigenvalue weighted by Crippen LogP contribution is 2.26. The molecule has 3 nitrogen and oxygen atoms in total. The number of benzene rings is 1. The summed E-state index contributed by atoms with van der Waals surface area (Å²) in [5.41, 5.74) is 0.896. The van der Waals surface area contributed by atoms with E-state index in [1.54, 1.807) is 0 Å². The third-order valence-corrected chi connectivity index (χ3v) is 4.71. The average molecular weight is 391 g/mol. The largest absolute Gasteiger partial charge is 0.295 e. The molecule has 14 heavy (non-hydrogen) atoms. The lowest BCUT2D eigenvalue weighted by Gasteiger charge is -2.07. The van der Waals surface area contributed by atoms with Gasteiger partial charge in [-0.3, -0.25) is 4.55 Å². The topological polar surface area (TPSA) is 54.4 Å². The molecule has 0 saturated carbocycles. The SMILES string of the molecule is CCc1cc(Br)cc(S(=O)(=O)O)c1I. The molecule has 0 fully saturated rings. The van der Waals surface area contributed by atoms with Crippen molar-refractivity contribution in [2.45, 2.75) is 18.2 Å². The number of hydrogen-bond donors (Lipinski definition) is 1. The summed E-state index contributed by atoms with van der Waals surface area (Å²) in [5, 5.41) is 0. The lowest BCUT2D eigenvalue weighted by molar-refractivity contribution is 0.482. The zero-order chi connectivity index (χ0) is 10.9. The molecular weight excluding hydrogens is 383 g/mol. The van der Waals surface area contributed by atoms with Crippen molar-refractivity contribution in [3.8, 4) is 0 Å². The summed E-state index contributed by atoms with van der Waals surface area (Å²) in [4.78, 5) is -0.0377. The standard InChI is InChI=1S/C8H8BrIO3S/c1-2-5-3-6(9)4-7(8(5)10)14(11,12)13/h3-4H,2H2,1H3,(H,11,12,13). The number of rotatable bonds is 2. The van der Waals surface area contributed by atoms with Crippen molar-refractivity contribution in [2.24, 2.45) is 0 Å². The van der Waals surface area contributed by atoms with Crippen LogP contribution in [-0.4, -0.2) is 13.0 Å². The maximum atomic E-state index is 11.0. The van der Waals surface area contributed by atoms with Crippen molar-refractivity contribution in [2.75, 3.05) is 0 Å². The Morgan fingerprint density at radius 1 is 1.50 bits per heavy atom. The zero-order valence-corrected chi connectivity index (χ0v) is 11.8. The highest BCUT2D eigenvalue weighted by atomic mass is 127. The summed E-state index contributed by atoms with van der Waals surface area (Å²) in [6, 6.07) is 3.24. The van der Waals surface area contributed by atoms with Crippen molar-refractivity contribution in [3.05, 3.63) is 25.7 Å². The van der Waals surface area contributed by atoms with Gasteiger partial charge in [0.25, 0.3) is 10.1 Å². The molecule has 0 aliphatic heterocycles. The normalized spacial score (nSPS) is 11.7. The van der Waals surface area contributed by atoms with Crippen LogP contribution in [0.4, 0.5) is 0 Å². The Morgan fingerprint density at radius 2 is 2.07 bits per heavy atom. The van der Waals surface area contributed by atoms with Crippen LogP contribution < -0.4 is 0 Å². The molecule has 0 spiro atoms. The fourth-order valence-electron chi connectivity index (χ4n) is 1.06. The molecule has 0 radical (unpaired) electrons. The molecule has 0 amide bonds. The van der Waals surface area contributed by atoms with E-state index in [1.165, 1.54) is 6.07 Å². The molecule has 0 saturated heterocycles. The van der Waals surface area contributed by atoms with Gasteiger partial charge in [-0.1, -0.05) is 22.9 Å². The highest BCUT2D eigenvalue weighted by molar-refractivity contribution is 14.1. The Kier molecular flexibility index (Phi) is 3.95. The number of hydrogen-bond acceptors (Lipinski definition) is 2. The van der Waals surface area contributed by atoms with E-state index in [4.69, 9.17) is 4.55 Å². The van der Waals surface area contributed by atoms with E-state index in [0.29, 0.717) is 8.04 Å². The van der Waals surface area contributed by atoms with Gasteiger partial charge in [-0.05, 0) is 46.7 Å². The first-order chi connectivity index (χ1) is 6.36. The predicted octanol–water partition coefficient (Wildman–Crippen LogP) is 2.86. The summed E-state index contributed by atoms with van der Waals surface area (Å²) in [5.74, 6) is 0. The van der Waals surface area contributed by atoms with Gasteiger partial charge < -0.3 is 0 Å². The molecule has 78 valence electrons. The third-order valence-electron chi connectivity index (χ3n) is 1.74. The number of halogens is 2. The van der Waals surface area contributed by atoms with E-state index in [9.17, 15) is 8.42 Å². The first-order valence-electron chi connectivity index (χ1n) is 3.81. The first-order valence-corrected chi connectivity index (χ1v) is 7.13. The average Bonchev–Trinajstić information content (AvgIpc) is 2.06. The van der Waals surface area contributed by atoms with Crippen molar-refractivity contribution in [3.63, 3.8) is 0 Å². The highest BCUT2D eigenvalue weighted by Gasteiger charge is 2.17. The van der Waals surface area contributed by atoms with E-state index >= 15 is 0 Å². The number of aryl methyl sites for hydroxylation is 1. The van der Waals surface area contributed by atoms with Crippen LogP contribution in [0.15, 0.2) is 21.5 Å². The Balaban J connectivity index is 3.53. The van der Waals surface area contributed by atoms with Crippen LogP contribution in [0, 0.1) is 3.57 Å². The second-order valence-corrected chi connectivity index (χ2v) is 6.09. The van der Waals surface area contributed by atoms with Gasteiger partial charge in [-0.15, -0.1) is 0 Å². The fourth-order valence-corrected chi connectivity index (χ4v) is 3.88. The first kappa shape index (κ1) is 12.4. The van der Waals surface area contributed by atoms with Gasteiger partial charge >= 0.3 is 0 Å². The summed E-state index contributed by atoms with van der Waals surface area (Å²) in [6.07, 6.45) is 0.722. The van der Waals surface area contributed by atoms with Crippen LogP contribution in [0.5, 0.6) is 0 Å². The summed E-state index contributed by atoms with van der Waals surface area (Å²) in [7, 11) is -4.13. The molecular formula is C8H8BrIO3S. The second-order valence-electron chi connectivity index (χ2n) is 2.71. The van der Waals surface area contributed by atoms with Gasteiger partial charge in [0.2, 0.25) is 0 Å². The lowest BCUT2D eigenvalue weighted by Crippen LogP contribution is -2.03. The van der Waals surface area contributed by atoms with Gasteiger partial charge in [0.1, 0.15) is 4.90 Å². The van der Waals surface area contributed by atoms with E-state index in [2.05, 4.69) is 15.9 Å². The summed E-state index contributed by atoms with van der Waals surface area (Å²) < 4.78 is 32.2. The minimum absolute atomic E-state index is 0.0377. The monoisotopic (exact) mass is 390 g/mol. The van der Waals surface area contributed by atoms with E-state index in [1.807, 2.05) is 35.6 Å². The Hall–Kier alpha value is 0.340. The molecule has 1 aromatic rings. The van der Waals surface area contributed by atoms with E-state index in [-0.39, 0.29) is 4.90 Å². The molecule has 0 heterocycles. The van der Waals surface area contributed by atoms with Gasteiger partial charge in [-0.2, -0.15) is 8.42 Å². The van der Waals surface area contributed by atoms with Crippen molar-refractivity contribution < 1.29 is 13.0 Å². The fraction of sp³-hybridized carbons (Fsp3) is 0.250. The predicted molar refractivity (Wildman–Crippen MR) is 66.1 cm³/mol. The van der Waals surface area contributed by atoms with Crippen LogP contribution in [0.1, 0.15) is 12.5 Å². The van der Waals surface area contributed by atoms with Gasteiger partial charge in [-0.25, -0.2) is 0 Å². The Morgan fingerprint density at radius 3 is 2.50 bits per heavy atom. The zero-order valence-electron chi connectivity index (χ0n) is 7.29. The van der Waals surface area contributed by atoms with Crippen LogP contribution in [0.25, 0.3) is 0 Å². The van der Waals surface area contributed by atoms with Crippen LogP contribution in [-0.2, 0) is 16.5 Å². The third kappa shape index (κ3) is 2.68. The lowest BCUT2D eigenvalue weighted by atomic mass is 10.2. The molecule has 0 aliphatic carbocycles. The quantitative estimate of drug-likeness (QED) is 0.624. The van der Waals surface area contributed by atoms with Crippen molar-refractivity contribution >= 4 is 48.6 Å². The molecule has 0 atom stereocenters. The Labute approximate surface area is 105 Å². The Bertz CT molecular complexity index is 456. The molecule has 0 aromatic heterocycles. The molecule has 0 unspecified atom stereocenters. The minimum atomic E-state index is -4.13. The molecule has 1 aromatic carbocycles. The van der Waals surface area contributed by atoms with Gasteiger partial charge in [0.05, 0.1) is 0 Å². The van der Waals surface area contributed by atoms with Crippen LogP contribution >= 0.6 is 38.5 Å². The van der Waals surface area contributed by atoms with Gasteiger partial charge in [0.15, 0.2) is 0 Å². The molecule has 0 aliphatic rings. The maximum absolute atomic E-state index is 11.0. The van der Waals surface area contributed by atoms with Crippen LogP contribution in [0.3, 0.4) is 0 Å². The van der Waals surface area contributed by atoms with E-state index < -0.39 is 10.1 Å². The molecule has 0 bridgehead atoms. The molecule has 6 heteroatoms. The second kappa shape index (κ2) is 4.46. The van der Waals surface area contributed by atoms with Gasteiger partial charge in [0, 0.05) is 8.04 Å². The smallest absolute Gasteiger partial charge is 0.282 e. The summed E-state index contributed by atoms with van der Waals surface area (Å²) >= 11 is 5.12. The summed E-state index contributed by atoms with van der Waals surface area (Å²) in [6.45, 7) is 1.93. The maximum Gasteiger partial charge on any atom is 0.295 e. The molecule has 1 N–H and O–H groups in total. The van der Waals surface area contributed by atoms with Crippen LogP contribution in [0.2, 0.25) is 0 Å². The van der Waals surface area contributed by atoms with Crippen molar-refractivity contribution in [1.82, 2.24) is 0 Å². The minimum Gasteiger partial charge on any atom is -0.282 e.